The van der Waals surface area contributed by atoms with Gasteiger partial charge in [0.1, 0.15) is 0 Å². The lowest BCUT2D eigenvalue weighted by atomic mass is 9.79. The highest BCUT2D eigenvalue weighted by molar-refractivity contribution is 6.54. The zero-order valence-corrected chi connectivity index (χ0v) is 11.4. The van der Waals surface area contributed by atoms with E-state index in [4.69, 9.17) is 14.4 Å². The molecule has 18 heavy (non-hydrogen) atoms. The van der Waals surface area contributed by atoms with Crippen molar-refractivity contribution in [2.45, 2.75) is 38.9 Å². The first kappa shape index (κ1) is 13.4. The Kier molecular flexibility index (Phi) is 2.96. The standard InChI is InChI=1S/C11H19BN2O4/c1-10(2)11(3,4)18-12(17-10)8-6-13(5)14(7-8)9(15)16/h7H,6H2,1-5H3,(H,15,16). The van der Waals surface area contributed by atoms with Gasteiger partial charge in [-0.3, -0.25) is 0 Å². The van der Waals surface area contributed by atoms with E-state index >= 15 is 0 Å². The first-order valence-corrected chi connectivity index (χ1v) is 5.93. The lowest BCUT2D eigenvalue weighted by Gasteiger charge is -2.32. The van der Waals surface area contributed by atoms with Crippen molar-refractivity contribution >= 4 is 13.2 Å². The largest absolute Gasteiger partial charge is 0.493 e. The van der Waals surface area contributed by atoms with Crippen LogP contribution in [0.25, 0.3) is 0 Å². The van der Waals surface area contributed by atoms with Gasteiger partial charge < -0.3 is 14.4 Å². The Balaban J connectivity index is 2.17. The van der Waals surface area contributed by atoms with Crippen molar-refractivity contribution in [3.63, 3.8) is 0 Å². The van der Waals surface area contributed by atoms with Crippen LogP contribution in [-0.2, 0) is 9.31 Å². The molecule has 0 aromatic carbocycles. The van der Waals surface area contributed by atoms with Crippen molar-refractivity contribution in [1.29, 1.82) is 0 Å². The Labute approximate surface area is 107 Å². The first-order chi connectivity index (χ1) is 8.14. The van der Waals surface area contributed by atoms with Crippen LogP contribution in [0.15, 0.2) is 11.7 Å². The Morgan fingerprint density at radius 1 is 1.33 bits per heavy atom. The normalized spacial score (nSPS) is 26.6. The van der Waals surface area contributed by atoms with Crippen molar-refractivity contribution in [3.05, 3.63) is 11.7 Å². The van der Waals surface area contributed by atoms with Crippen LogP contribution in [0.4, 0.5) is 4.79 Å². The average Bonchev–Trinajstić information content (AvgIpc) is 2.66. The number of nitrogens with zero attached hydrogens (tertiary/aromatic N) is 2. The van der Waals surface area contributed by atoms with Crippen LogP contribution in [0.3, 0.4) is 0 Å². The minimum absolute atomic E-state index is 0.409. The molecular weight excluding hydrogens is 235 g/mol. The van der Waals surface area contributed by atoms with Crippen molar-refractivity contribution in [2.24, 2.45) is 0 Å². The van der Waals surface area contributed by atoms with E-state index in [0.29, 0.717) is 6.54 Å². The lowest BCUT2D eigenvalue weighted by molar-refractivity contribution is 0.00578. The van der Waals surface area contributed by atoms with Gasteiger partial charge in [-0.05, 0) is 33.2 Å². The molecule has 0 aliphatic carbocycles. The summed E-state index contributed by atoms with van der Waals surface area (Å²) in [6.45, 7) is 8.38. The van der Waals surface area contributed by atoms with Crippen LogP contribution in [0.1, 0.15) is 27.7 Å². The molecule has 2 aliphatic heterocycles. The average molecular weight is 254 g/mol. The van der Waals surface area contributed by atoms with Gasteiger partial charge in [-0.2, -0.15) is 0 Å². The molecule has 7 heteroatoms. The minimum Gasteiger partial charge on any atom is -0.464 e. The van der Waals surface area contributed by atoms with Gasteiger partial charge in [0.25, 0.3) is 0 Å². The molecule has 1 fully saturated rings. The molecule has 0 bridgehead atoms. The van der Waals surface area contributed by atoms with Crippen LogP contribution in [0.5, 0.6) is 0 Å². The first-order valence-electron chi connectivity index (χ1n) is 5.93. The molecule has 0 aromatic heterocycles. The number of rotatable bonds is 1. The molecule has 0 unspecified atom stereocenters. The van der Waals surface area contributed by atoms with Crippen molar-refractivity contribution in [2.75, 3.05) is 13.6 Å². The summed E-state index contributed by atoms with van der Waals surface area (Å²) < 4.78 is 11.8. The Bertz CT molecular complexity index is 392. The number of hydrogen-bond acceptors (Lipinski definition) is 4. The highest BCUT2D eigenvalue weighted by Crippen LogP contribution is 2.39. The molecule has 1 saturated heterocycles. The summed E-state index contributed by atoms with van der Waals surface area (Å²) in [4.78, 5) is 11.0. The minimum atomic E-state index is -1.01. The number of carbonyl (C=O) groups is 1. The topological polar surface area (TPSA) is 62.2 Å². The second-order valence-corrected chi connectivity index (χ2v) is 5.74. The summed E-state index contributed by atoms with van der Waals surface area (Å²) in [6, 6.07) is 0. The predicted molar refractivity (Wildman–Crippen MR) is 66.7 cm³/mol. The number of amides is 1. The zero-order chi connectivity index (χ0) is 13.7. The van der Waals surface area contributed by atoms with Gasteiger partial charge in [-0.1, -0.05) is 0 Å². The maximum absolute atomic E-state index is 11.0. The van der Waals surface area contributed by atoms with Gasteiger partial charge in [0.15, 0.2) is 0 Å². The highest BCUT2D eigenvalue weighted by Gasteiger charge is 2.53. The van der Waals surface area contributed by atoms with Crippen LogP contribution >= 0.6 is 0 Å². The van der Waals surface area contributed by atoms with Crippen molar-refractivity contribution < 1.29 is 19.2 Å². The van der Waals surface area contributed by atoms with E-state index in [2.05, 4.69) is 0 Å². The van der Waals surface area contributed by atoms with E-state index < -0.39 is 24.4 Å². The zero-order valence-electron chi connectivity index (χ0n) is 11.4. The predicted octanol–water partition coefficient (Wildman–Crippen LogP) is 1.34. The van der Waals surface area contributed by atoms with E-state index in [1.54, 1.807) is 18.3 Å². The van der Waals surface area contributed by atoms with E-state index in [1.807, 2.05) is 27.7 Å². The van der Waals surface area contributed by atoms with Crippen LogP contribution in [0, 0.1) is 0 Å². The summed E-state index contributed by atoms with van der Waals surface area (Å²) in [6.07, 6.45) is 0.550. The fraction of sp³-hybridized carbons (Fsp3) is 0.727. The molecule has 1 amide bonds. The van der Waals surface area contributed by atoms with Crippen LogP contribution in [0.2, 0.25) is 0 Å². The summed E-state index contributed by atoms with van der Waals surface area (Å²) in [5.74, 6) is 0. The smallest absolute Gasteiger partial charge is 0.464 e. The molecule has 0 radical (unpaired) electrons. The fourth-order valence-corrected chi connectivity index (χ4v) is 1.97. The van der Waals surface area contributed by atoms with Gasteiger partial charge in [0.05, 0.1) is 11.2 Å². The quantitative estimate of drug-likeness (QED) is 0.715. The molecule has 0 spiro atoms. The van der Waals surface area contributed by atoms with Crippen molar-refractivity contribution in [1.82, 2.24) is 10.0 Å². The SMILES string of the molecule is CN1CC(B2OC(C)(C)C(C)(C)O2)=CN1C(=O)O. The van der Waals surface area contributed by atoms with E-state index in [0.717, 1.165) is 10.5 Å². The number of carboxylic acid groups (broad SMARTS) is 1. The summed E-state index contributed by atoms with van der Waals surface area (Å²) in [5, 5.41) is 11.7. The third kappa shape index (κ3) is 2.02. The molecule has 1 N–H and O–H groups in total. The molecule has 2 aliphatic rings. The van der Waals surface area contributed by atoms with Gasteiger partial charge >= 0.3 is 13.2 Å². The molecule has 0 aromatic rings. The second kappa shape index (κ2) is 3.98. The Hall–Kier alpha value is -1.05. The van der Waals surface area contributed by atoms with Crippen LogP contribution in [-0.4, -0.2) is 53.1 Å². The van der Waals surface area contributed by atoms with Gasteiger partial charge in [0, 0.05) is 19.8 Å². The monoisotopic (exact) mass is 254 g/mol. The van der Waals surface area contributed by atoms with E-state index in [-0.39, 0.29) is 0 Å². The van der Waals surface area contributed by atoms with Crippen molar-refractivity contribution in [3.8, 4) is 0 Å². The summed E-state index contributed by atoms with van der Waals surface area (Å²) in [7, 11) is 1.23. The number of hydrogen-bond donors (Lipinski definition) is 1. The maximum Gasteiger partial charge on any atom is 0.493 e. The van der Waals surface area contributed by atoms with Crippen LogP contribution < -0.4 is 0 Å². The molecule has 2 heterocycles. The highest BCUT2D eigenvalue weighted by atomic mass is 16.7. The number of likely N-dealkylation sites (N-methyl/N-ethyl adjacent to an activating group) is 1. The third-order valence-corrected chi connectivity index (χ3v) is 3.82. The van der Waals surface area contributed by atoms with E-state index in [1.165, 1.54) is 0 Å². The van der Waals surface area contributed by atoms with Gasteiger partial charge in [-0.25, -0.2) is 14.8 Å². The second-order valence-electron chi connectivity index (χ2n) is 5.74. The molecule has 100 valence electrons. The van der Waals surface area contributed by atoms with E-state index in [9.17, 15) is 4.79 Å². The Morgan fingerprint density at radius 3 is 2.22 bits per heavy atom. The maximum atomic E-state index is 11.0. The third-order valence-electron chi connectivity index (χ3n) is 3.82. The molecule has 0 saturated carbocycles. The summed E-state index contributed by atoms with van der Waals surface area (Å²) >= 11 is 0. The number of hydrazine groups is 1. The van der Waals surface area contributed by atoms with Gasteiger partial charge in [-0.15, -0.1) is 0 Å². The molecule has 6 nitrogen and oxygen atoms in total. The van der Waals surface area contributed by atoms with Gasteiger partial charge in [0.2, 0.25) is 0 Å². The Morgan fingerprint density at radius 2 is 1.83 bits per heavy atom. The molecule has 0 atom stereocenters. The lowest BCUT2D eigenvalue weighted by Crippen LogP contribution is -2.41. The molecule has 2 rings (SSSR count). The fourth-order valence-electron chi connectivity index (χ4n) is 1.97. The summed E-state index contributed by atoms with van der Waals surface area (Å²) in [5.41, 5.74) is 0.0000893. The molecular formula is C11H19BN2O4.